The molecule has 0 fully saturated rings. The Hall–Kier alpha value is -7.04. The molecule has 12 rings (SSSR count). The van der Waals surface area contributed by atoms with E-state index in [-0.39, 0.29) is 0 Å². The standard InChI is InChI=1S/C51H35N3O/c1-32-15-5-2-10-24-44-47(32)40-31-35(25-28-43(40)53(44)34-18-8-4-9-19-34)54-42-23-14-12-21-39(42)49-46(54)30-27-37-36-26-29-45-48(50(36)55-51(37)49)38-20-11-13-22-41(38)52(45)33-16-6-3-7-17-33/h2-14,16-32H,15H2,1H3/b5-2+,24-10-/t32-/m1/s1. The van der Waals surface area contributed by atoms with Crippen molar-refractivity contribution in [1.29, 1.82) is 0 Å². The average Bonchev–Trinajstić information content (AvgIpc) is 3.96. The molecule has 0 radical (unpaired) electrons. The van der Waals surface area contributed by atoms with Crippen LogP contribution in [0.15, 0.2) is 174 Å². The summed E-state index contributed by atoms with van der Waals surface area (Å²) < 4.78 is 14.4. The van der Waals surface area contributed by atoms with Gasteiger partial charge in [0.15, 0.2) is 0 Å². The maximum absolute atomic E-state index is 7.19. The number of benzene rings is 7. The van der Waals surface area contributed by atoms with Crippen LogP contribution in [0.3, 0.4) is 0 Å². The van der Waals surface area contributed by atoms with Crippen LogP contribution < -0.4 is 0 Å². The van der Waals surface area contributed by atoms with E-state index in [0.717, 1.165) is 67.1 Å². The third-order valence-electron chi connectivity index (χ3n) is 11.9. The van der Waals surface area contributed by atoms with Gasteiger partial charge in [-0.1, -0.05) is 97.9 Å². The van der Waals surface area contributed by atoms with Crippen LogP contribution >= 0.6 is 0 Å². The highest BCUT2D eigenvalue weighted by molar-refractivity contribution is 6.29. The van der Waals surface area contributed by atoms with E-state index in [0.29, 0.717) is 5.92 Å². The fraction of sp³-hybridized carbons (Fsp3) is 0.0588. The molecule has 4 heterocycles. The fourth-order valence-electron chi connectivity index (χ4n) is 9.55. The van der Waals surface area contributed by atoms with E-state index in [4.69, 9.17) is 4.42 Å². The quantitative estimate of drug-likeness (QED) is 0.180. The van der Waals surface area contributed by atoms with Crippen molar-refractivity contribution in [2.75, 3.05) is 0 Å². The van der Waals surface area contributed by atoms with Gasteiger partial charge in [0, 0.05) is 44.0 Å². The Kier molecular flexibility index (Phi) is 6.35. The Morgan fingerprint density at radius 3 is 1.62 bits per heavy atom. The van der Waals surface area contributed by atoms with Crippen molar-refractivity contribution in [3.05, 3.63) is 181 Å². The number of aromatic nitrogens is 3. The van der Waals surface area contributed by atoms with Gasteiger partial charge >= 0.3 is 0 Å². The molecule has 11 aromatic rings. The third-order valence-corrected chi connectivity index (χ3v) is 11.9. The number of hydrogen-bond donors (Lipinski definition) is 0. The molecule has 1 aliphatic rings. The molecule has 4 aromatic heterocycles. The summed E-state index contributed by atoms with van der Waals surface area (Å²) in [6.45, 7) is 2.36. The summed E-state index contributed by atoms with van der Waals surface area (Å²) in [6, 6.07) is 54.9. The lowest BCUT2D eigenvalue weighted by atomic mass is 9.93. The normalized spacial score (nSPS) is 15.8. The second-order valence-corrected chi connectivity index (χ2v) is 14.9. The SMILES string of the molecule is C[C@@H]1C/C=C/C=C\c2c1c1cc(-n3c4ccccc4c4c5oc6c(ccc7c6c6ccccc6n7-c6ccccc6)c5ccc43)ccc1n2-c1ccccc1. The monoisotopic (exact) mass is 705 g/mol. The number of allylic oxidation sites excluding steroid dienone is 3. The van der Waals surface area contributed by atoms with Crippen molar-refractivity contribution >= 4 is 82.5 Å². The van der Waals surface area contributed by atoms with Crippen LogP contribution in [0.5, 0.6) is 0 Å². The van der Waals surface area contributed by atoms with Crippen molar-refractivity contribution in [3.8, 4) is 17.1 Å². The van der Waals surface area contributed by atoms with Gasteiger partial charge in [0.2, 0.25) is 0 Å². The third kappa shape index (κ3) is 4.22. The molecule has 7 aromatic carbocycles. The van der Waals surface area contributed by atoms with Gasteiger partial charge in [-0.25, -0.2) is 0 Å². The molecule has 55 heavy (non-hydrogen) atoms. The minimum Gasteiger partial charge on any atom is -0.455 e. The molecule has 260 valence electrons. The molecule has 0 N–H and O–H groups in total. The second-order valence-electron chi connectivity index (χ2n) is 14.9. The second kappa shape index (κ2) is 11.5. The molecule has 0 spiro atoms. The van der Waals surface area contributed by atoms with Crippen LogP contribution in [0.1, 0.15) is 30.5 Å². The fourth-order valence-corrected chi connectivity index (χ4v) is 9.55. The highest BCUT2D eigenvalue weighted by Gasteiger charge is 2.25. The Morgan fingerprint density at radius 2 is 0.982 bits per heavy atom. The van der Waals surface area contributed by atoms with Crippen molar-refractivity contribution in [1.82, 2.24) is 13.7 Å². The number of hydrogen-bond acceptors (Lipinski definition) is 1. The maximum Gasteiger partial charge on any atom is 0.145 e. The molecule has 0 amide bonds. The predicted molar refractivity (Wildman–Crippen MR) is 230 cm³/mol. The zero-order valence-corrected chi connectivity index (χ0v) is 30.3. The Labute approximate surface area is 317 Å². The molecule has 4 nitrogen and oxygen atoms in total. The van der Waals surface area contributed by atoms with E-state index in [1.165, 1.54) is 44.1 Å². The van der Waals surface area contributed by atoms with Gasteiger partial charge in [-0.05, 0) is 103 Å². The first-order valence-electron chi connectivity index (χ1n) is 19.2. The van der Waals surface area contributed by atoms with Crippen molar-refractivity contribution in [2.24, 2.45) is 0 Å². The first-order valence-corrected chi connectivity index (χ1v) is 19.2. The zero-order chi connectivity index (χ0) is 36.2. The molecule has 0 unspecified atom stereocenters. The molecule has 1 aliphatic carbocycles. The predicted octanol–water partition coefficient (Wildman–Crippen LogP) is 13.8. The molecule has 0 bridgehead atoms. The summed E-state index contributed by atoms with van der Waals surface area (Å²) in [5.74, 6) is 0.358. The number of rotatable bonds is 3. The Morgan fingerprint density at radius 1 is 0.455 bits per heavy atom. The van der Waals surface area contributed by atoms with Crippen LogP contribution in [-0.2, 0) is 0 Å². The van der Waals surface area contributed by atoms with Gasteiger partial charge < -0.3 is 18.1 Å². The Balaban J connectivity index is 1.15. The van der Waals surface area contributed by atoms with Gasteiger partial charge in [0.05, 0.1) is 44.0 Å². The lowest BCUT2D eigenvalue weighted by molar-refractivity contribution is 0.677. The molecule has 0 saturated heterocycles. The molecular formula is C51H35N3O. The van der Waals surface area contributed by atoms with E-state index in [9.17, 15) is 0 Å². The van der Waals surface area contributed by atoms with Crippen LogP contribution in [0, 0.1) is 0 Å². The molecule has 0 aliphatic heterocycles. The summed E-state index contributed by atoms with van der Waals surface area (Å²) in [4.78, 5) is 0. The molecule has 0 saturated carbocycles. The largest absolute Gasteiger partial charge is 0.455 e. The van der Waals surface area contributed by atoms with Gasteiger partial charge in [-0.3, -0.25) is 0 Å². The van der Waals surface area contributed by atoms with Crippen LogP contribution in [0.2, 0.25) is 0 Å². The van der Waals surface area contributed by atoms with Crippen LogP contribution in [-0.4, -0.2) is 13.7 Å². The average molecular weight is 706 g/mol. The number of para-hydroxylation sites is 4. The van der Waals surface area contributed by atoms with Crippen LogP contribution in [0.25, 0.3) is 99.6 Å². The zero-order valence-electron chi connectivity index (χ0n) is 30.3. The van der Waals surface area contributed by atoms with E-state index in [1.807, 2.05) is 0 Å². The minimum absolute atomic E-state index is 0.358. The minimum atomic E-state index is 0.358. The number of fused-ring (bicyclic) bond motifs is 14. The summed E-state index contributed by atoms with van der Waals surface area (Å²) in [5, 5.41) is 8.22. The van der Waals surface area contributed by atoms with E-state index < -0.39 is 0 Å². The number of nitrogens with zero attached hydrogens (tertiary/aromatic N) is 3. The van der Waals surface area contributed by atoms with Crippen LogP contribution in [0.4, 0.5) is 0 Å². The first kappa shape index (κ1) is 30.4. The van der Waals surface area contributed by atoms with E-state index in [1.54, 1.807) is 0 Å². The smallest absolute Gasteiger partial charge is 0.145 e. The number of furan rings is 1. The summed E-state index contributed by atoms with van der Waals surface area (Å²) in [7, 11) is 0. The highest BCUT2D eigenvalue weighted by atomic mass is 16.3. The summed E-state index contributed by atoms with van der Waals surface area (Å²) in [5.41, 5.74) is 13.8. The first-order chi connectivity index (χ1) is 27.2. The summed E-state index contributed by atoms with van der Waals surface area (Å²) in [6.07, 6.45) is 9.93. The van der Waals surface area contributed by atoms with Gasteiger partial charge in [0.1, 0.15) is 11.2 Å². The van der Waals surface area contributed by atoms with Crippen molar-refractivity contribution < 1.29 is 4.42 Å². The van der Waals surface area contributed by atoms with Gasteiger partial charge in [0.25, 0.3) is 0 Å². The molecular weight excluding hydrogens is 671 g/mol. The maximum atomic E-state index is 7.19. The molecule has 4 heteroatoms. The molecule has 1 atom stereocenters. The van der Waals surface area contributed by atoms with Gasteiger partial charge in [-0.2, -0.15) is 0 Å². The lowest BCUT2D eigenvalue weighted by Gasteiger charge is -2.14. The van der Waals surface area contributed by atoms with Gasteiger partial charge in [-0.15, -0.1) is 0 Å². The topological polar surface area (TPSA) is 27.9 Å². The van der Waals surface area contributed by atoms with Crippen molar-refractivity contribution in [2.45, 2.75) is 19.3 Å². The summed E-state index contributed by atoms with van der Waals surface area (Å²) >= 11 is 0. The van der Waals surface area contributed by atoms with Crippen molar-refractivity contribution in [3.63, 3.8) is 0 Å². The van der Waals surface area contributed by atoms with E-state index in [2.05, 4.69) is 197 Å². The lowest BCUT2D eigenvalue weighted by Crippen LogP contribution is -2.00. The highest BCUT2D eigenvalue weighted by Crippen LogP contribution is 2.45. The Bertz CT molecular complexity index is 3400. The van der Waals surface area contributed by atoms with E-state index >= 15 is 0 Å².